The Morgan fingerprint density at radius 3 is 2.39 bits per heavy atom. The molecule has 8 heteroatoms. The Balaban J connectivity index is 1.92. The summed E-state index contributed by atoms with van der Waals surface area (Å²) in [7, 11) is 1.63. The Kier molecular flexibility index (Phi) is 9.24. The SMILES string of the molecule is CCC(C)NC(=O)c1ccc(CNC(=NC)NCc2cc(C)ccc2OC(F)F)cc1. The van der Waals surface area contributed by atoms with Crippen LogP contribution in [0.25, 0.3) is 0 Å². The summed E-state index contributed by atoms with van der Waals surface area (Å²) in [5.74, 6) is 0.559. The van der Waals surface area contributed by atoms with Gasteiger partial charge in [-0.3, -0.25) is 9.79 Å². The molecule has 1 atom stereocenters. The average molecular weight is 433 g/mol. The van der Waals surface area contributed by atoms with Crippen molar-refractivity contribution in [2.75, 3.05) is 7.05 Å². The smallest absolute Gasteiger partial charge is 0.387 e. The van der Waals surface area contributed by atoms with Gasteiger partial charge in [0.15, 0.2) is 5.96 Å². The van der Waals surface area contributed by atoms with Crippen molar-refractivity contribution in [3.63, 3.8) is 0 Å². The molecule has 0 spiro atoms. The highest BCUT2D eigenvalue weighted by molar-refractivity contribution is 5.94. The van der Waals surface area contributed by atoms with E-state index in [1.54, 1.807) is 31.3 Å². The molecule has 0 saturated carbocycles. The van der Waals surface area contributed by atoms with Gasteiger partial charge in [-0.2, -0.15) is 8.78 Å². The summed E-state index contributed by atoms with van der Waals surface area (Å²) in [6.45, 7) is 3.75. The third-order valence-corrected chi connectivity index (χ3v) is 4.77. The number of aryl methyl sites for hydroxylation is 1. The van der Waals surface area contributed by atoms with Gasteiger partial charge in [-0.1, -0.05) is 36.8 Å². The maximum absolute atomic E-state index is 12.6. The van der Waals surface area contributed by atoms with Crippen LogP contribution in [0.1, 0.15) is 47.3 Å². The van der Waals surface area contributed by atoms with Crippen molar-refractivity contribution in [3.8, 4) is 5.75 Å². The van der Waals surface area contributed by atoms with Gasteiger partial charge < -0.3 is 20.7 Å². The topological polar surface area (TPSA) is 74.8 Å². The van der Waals surface area contributed by atoms with Gasteiger partial charge >= 0.3 is 6.61 Å². The normalized spacial score (nSPS) is 12.4. The highest BCUT2D eigenvalue weighted by atomic mass is 19.3. The van der Waals surface area contributed by atoms with Gasteiger partial charge in [-0.05, 0) is 44.0 Å². The van der Waals surface area contributed by atoms with E-state index in [9.17, 15) is 13.6 Å². The molecule has 2 aromatic carbocycles. The van der Waals surface area contributed by atoms with Gasteiger partial charge in [0, 0.05) is 37.3 Å². The molecule has 0 aliphatic heterocycles. The molecule has 3 N–H and O–H groups in total. The lowest BCUT2D eigenvalue weighted by atomic mass is 10.1. The molecule has 31 heavy (non-hydrogen) atoms. The van der Waals surface area contributed by atoms with Crippen LogP contribution in [0.4, 0.5) is 8.78 Å². The third-order valence-electron chi connectivity index (χ3n) is 4.77. The van der Waals surface area contributed by atoms with E-state index < -0.39 is 6.61 Å². The Hall–Kier alpha value is -3.16. The molecule has 168 valence electrons. The minimum atomic E-state index is -2.88. The zero-order chi connectivity index (χ0) is 22.8. The number of halogens is 2. The van der Waals surface area contributed by atoms with Gasteiger partial charge in [-0.25, -0.2) is 0 Å². The van der Waals surface area contributed by atoms with Crippen molar-refractivity contribution in [3.05, 3.63) is 64.7 Å². The first-order valence-electron chi connectivity index (χ1n) is 10.2. The molecule has 0 bridgehead atoms. The van der Waals surface area contributed by atoms with Crippen molar-refractivity contribution in [2.24, 2.45) is 4.99 Å². The molecular formula is C23H30F2N4O2. The van der Waals surface area contributed by atoms with E-state index in [-0.39, 0.29) is 24.2 Å². The number of benzene rings is 2. The summed E-state index contributed by atoms with van der Waals surface area (Å²) >= 11 is 0. The fraction of sp³-hybridized carbons (Fsp3) is 0.391. The van der Waals surface area contributed by atoms with Crippen LogP contribution in [-0.4, -0.2) is 31.6 Å². The Morgan fingerprint density at radius 2 is 1.77 bits per heavy atom. The highest BCUT2D eigenvalue weighted by Crippen LogP contribution is 2.22. The Morgan fingerprint density at radius 1 is 1.10 bits per heavy atom. The summed E-state index contributed by atoms with van der Waals surface area (Å²) in [4.78, 5) is 16.3. The third kappa shape index (κ3) is 7.88. The van der Waals surface area contributed by atoms with Gasteiger partial charge in [-0.15, -0.1) is 0 Å². The van der Waals surface area contributed by atoms with E-state index in [0.717, 1.165) is 17.5 Å². The number of alkyl halides is 2. The monoisotopic (exact) mass is 432 g/mol. The summed E-state index contributed by atoms with van der Waals surface area (Å²) in [5.41, 5.74) is 3.14. The average Bonchev–Trinajstić information content (AvgIpc) is 2.75. The molecule has 0 heterocycles. The second-order valence-electron chi connectivity index (χ2n) is 7.25. The van der Waals surface area contributed by atoms with Crippen LogP contribution in [-0.2, 0) is 13.1 Å². The van der Waals surface area contributed by atoms with E-state index >= 15 is 0 Å². The maximum Gasteiger partial charge on any atom is 0.387 e. The van der Waals surface area contributed by atoms with Crippen LogP contribution in [0.15, 0.2) is 47.5 Å². The van der Waals surface area contributed by atoms with E-state index in [2.05, 4.69) is 25.7 Å². The number of hydrogen-bond donors (Lipinski definition) is 3. The first-order valence-corrected chi connectivity index (χ1v) is 10.2. The quantitative estimate of drug-likeness (QED) is 0.414. The zero-order valence-electron chi connectivity index (χ0n) is 18.3. The molecule has 6 nitrogen and oxygen atoms in total. The minimum absolute atomic E-state index is 0.0914. The van der Waals surface area contributed by atoms with E-state index in [4.69, 9.17) is 0 Å². The van der Waals surface area contributed by atoms with Crippen LogP contribution >= 0.6 is 0 Å². The number of nitrogens with one attached hydrogen (secondary N) is 3. The molecule has 2 aromatic rings. The number of carbonyl (C=O) groups is 1. The lowest BCUT2D eigenvalue weighted by molar-refractivity contribution is -0.0504. The van der Waals surface area contributed by atoms with Gasteiger partial charge in [0.1, 0.15) is 5.75 Å². The molecule has 1 amide bonds. The number of ether oxygens (including phenoxy) is 1. The van der Waals surface area contributed by atoms with Crippen LogP contribution in [0.3, 0.4) is 0 Å². The van der Waals surface area contributed by atoms with Crippen LogP contribution < -0.4 is 20.7 Å². The first-order chi connectivity index (χ1) is 14.8. The van der Waals surface area contributed by atoms with E-state index in [1.165, 1.54) is 6.07 Å². The largest absolute Gasteiger partial charge is 0.434 e. The zero-order valence-corrected chi connectivity index (χ0v) is 18.3. The van der Waals surface area contributed by atoms with Crippen molar-refractivity contribution in [1.82, 2.24) is 16.0 Å². The lowest BCUT2D eigenvalue weighted by Gasteiger charge is -2.15. The number of amides is 1. The Bertz CT molecular complexity index is 886. The number of guanidine groups is 1. The fourth-order valence-corrected chi connectivity index (χ4v) is 2.83. The summed E-state index contributed by atoms with van der Waals surface area (Å²) in [5, 5.41) is 9.21. The number of hydrogen-bond acceptors (Lipinski definition) is 3. The predicted molar refractivity (Wildman–Crippen MR) is 119 cm³/mol. The van der Waals surface area contributed by atoms with Gasteiger partial charge in [0.05, 0.1) is 0 Å². The number of nitrogens with zero attached hydrogens (tertiary/aromatic N) is 1. The summed E-state index contributed by atoms with van der Waals surface area (Å²) in [6.07, 6.45) is 0.873. The Labute approximate surface area is 182 Å². The number of rotatable bonds is 9. The lowest BCUT2D eigenvalue weighted by Crippen LogP contribution is -2.36. The van der Waals surface area contributed by atoms with Gasteiger partial charge in [0.2, 0.25) is 0 Å². The molecular weight excluding hydrogens is 402 g/mol. The molecule has 1 unspecified atom stereocenters. The van der Waals surface area contributed by atoms with Gasteiger partial charge in [0.25, 0.3) is 5.91 Å². The molecule has 0 aliphatic carbocycles. The maximum atomic E-state index is 12.6. The highest BCUT2D eigenvalue weighted by Gasteiger charge is 2.11. The van der Waals surface area contributed by atoms with Crippen LogP contribution in [0, 0.1) is 6.92 Å². The second-order valence-corrected chi connectivity index (χ2v) is 7.25. The number of carbonyl (C=O) groups excluding carboxylic acids is 1. The first kappa shape index (κ1) is 24.1. The van der Waals surface area contributed by atoms with E-state index in [0.29, 0.717) is 23.6 Å². The van der Waals surface area contributed by atoms with Crippen molar-refractivity contribution >= 4 is 11.9 Å². The van der Waals surface area contributed by atoms with E-state index in [1.807, 2.05) is 32.9 Å². The van der Waals surface area contributed by atoms with Crippen molar-refractivity contribution in [1.29, 1.82) is 0 Å². The van der Waals surface area contributed by atoms with Crippen molar-refractivity contribution in [2.45, 2.75) is 52.9 Å². The summed E-state index contributed by atoms with van der Waals surface area (Å²) < 4.78 is 29.8. The molecule has 0 fully saturated rings. The molecule has 0 aromatic heterocycles. The van der Waals surface area contributed by atoms with Crippen molar-refractivity contribution < 1.29 is 18.3 Å². The molecule has 0 aliphatic rings. The summed E-state index contributed by atoms with van der Waals surface area (Å²) in [6, 6.07) is 12.5. The molecule has 0 saturated heterocycles. The molecule has 2 rings (SSSR count). The predicted octanol–water partition coefficient (Wildman–Crippen LogP) is 3.99. The second kappa shape index (κ2) is 11.9. The standard InChI is InChI=1S/C23H30F2N4O2/c1-5-16(3)29-21(30)18-9-7-17(8-10-18)13-27-23(26-4)28-14-19-12-15(2)6-11-20(19)31-22(24)25/h6-12,16,22H,5,13-14H2,1-4H3,(H,29,30)(H2,26,27,28). The number of aliphatic imine (C=N–C) groups is 1. The fourth-order valence-electron chi connectivity index (χ4n) is 2.83. The molecule has 0 radical (unpaired) electrons. The van der Waals surface area contributed by atoms with Crippen LogP contribution in [0.2, 0.25) is 0 Å². The van der Waals surface area contributed by atoms with Crippen LogP contribution in [0.5, 0.6) is 5.75 Å². The minimum Gasteiger partial charge on any atom is -0.434 e.